The molecule has 123 valence electrons. The van der Waals surface area contributed by atoms with E-state index in [1.807, 2.05) is 0 Å². The Morgan fingerprint density at radius 1 is 0.370 bits per heavy atom. The molecule has 0 atom stereocenters. The summed E-state index contributed by atoms with van der Waals surface area (Å²) in [5.74, 6) is 0. The Hall–Kier alpha value is -3.16. The molecular formula is C26H15Si. The van der Waals surface area contributed by atoms with Gasteiger partial charge in [0, 0.05) is 0 Å². The van der Waals surface area contributed by atoms with Gasteiger partial charge in [0.1, 0.15) is 0 Å². The van der Waals surface area contributed by atoms with Gasteiger partial charge in [-0.2, -0.15) is 0 Å². The van der Waals surface area contributed by atoms with E-state index in [2.05, 4.69) is 101 Å². The van der Waals surface area contributed by atoms with Gasteiger partial charge in [0.25, 0.3) is 0 Å². The molecular weight excluding hydrogens is 340 g/mol. The molecule has 0 heterocycles. The third-order valence-electron chi connectivity index (χ3n) is 5.66. The summed E-state index contributed by atoms with van der Waals surface area (Å²) in [4.78, 5) is 0. The summed E-state index contributed by atoms with van der Waals surface area (Å²) in [6.07, 6.45) is 0. The average Bonchev–Trinajstić information content (AvgIpc) is 2.70. The lowest BCUT2D eigenvalue weighted by atomic mass is 9.95. The maximum absolute atomic E-state index is 3.77. The van der Waals surface area contributed by atoms with Crippen molar-refractivity contribution in [3.05, 3.63) is 91.0 Å². The van der Waals surface area contributed by atoms with Crippen molar-refractivity contribution in [1.29, 1.82) is 0 Å². The molecule has 6 rings (SSSR count). The Kier molecular flexibility index (Phi) is 3.00. The van der Waals surface area contributed by atoms with Gasteiger partial charge in [-0.3, -0.25) is 0 Å². The van der Waals surface area contributed by atoms with Gasteiger partial charge < -0.3 is 0 Å². The average molecular weight is 355 g/mol. The second kappa shape index (κ2) is 5.42. The summed E-state index contributed by atoms with van der Waals surface area (Å²) in [5, 5.41) is 14.0. The van der Waals surface area contributed by atoms with Gasteiger partial charge in [-0.25, -0.2) is 0 Å². The fourth-order valence-electron chi connectivity index (χ4n) is 4.27. The van der Waals surface area contributed by atoms with Crippen molar-refractivity contribution in [2.45, 2.75) is 0 Å². The first kappa shape index (κ1) is 14.9. The predicted molar refractivity (Wildman–Crippen MR) is 119 cm³/mol. The van der Waals surface area contributed by atoms with Crippen LogP contribution in [0.25, 0.3) is 53.9 Å². The van der Waals surface area contributed by atoms with Gasteiger partial charge in [0.15, 0.2) is 0 Å². The molecule has 0 aliphatic carbocycles. The van der Waals surface area contributed by atoms with Gasteiger partial charge in [0.2, 0.25) is 0 Å². The van der Waals surface area contributed by atoms with Gasteiger partial charge in [-0.15, -0.1) is 0 Å². The van der Waals surface area contributed by atoms with E-state index < -0.39 is 0 Å². The molecule has 0 aromatic heterocycles. The molecule has 1 heteroatoms. The molecule has 0 nitrogen and oxygen atoms in total. The third kappa shape index (κ3) is 2.22. The Balaban J connectivity index is 1.78. The van der Waals surface area contributed by atoms with Crippen LogP contribution < -0.4 is 5.19 Å². The van der Waals surface area contributed by atoms with Crippen LogP contribution in [0.4, 0.5) is 0 Å². The lowest BCUT2D eigenvalue weighted by Crippen LogP contribution is -2.02. The molecule has 0 bridgehead atoms. The monoisotopic (exact) mass is 355 g/mol. The largest absolute Gasteiger partial charge is 0.0720 e. The summed E-state index contributed by atoms with van der Waals surface area (Å²) in [5.41, 5.74) is 0. The van der Waals surface area contributed by atoms with E-state index in [1.165, 1.54) is 53.9 Å². The quantitative estimate of drug-likeness (QED) is 0.172. The van der Waals surface area contributed by atoms with Crippen molar-refractivity contribution in [2.75, 3.05) is 0 Å². The zero-order valence-corrected chi connectivity index (χ0v) is 15.7. The highest BCUT2D eigenvalue weighted by Crippen LogP contribution is 2.33. The van der Waals surface area contributed by atoms with Gasteiger partial charge in [-0.1, -0.05) is 59.8 Å². The van der Waals surface area contributed by atoms with Crippen LogP contribution in [-0.4, -0.2) is 10.2 Å². The van der Waals surface area contributed by atoms with E-state index in [0.29, 0.717) is 0 Å². The van der Waals surface area contributed by atoms with Crippen molar-refractivity contribution in [3.8, 4) is 0 Å². The molecule has 0 unspecified atom stereocenters. The van der Waals surface area contributed by atoms with E-state index >= 15 is 0 Å². The summed E-state index contributed by atoms with van der Waals surface area (Å²) in [7, 11) is 3.77. The Morgan fingerprint density at radius 3 is 1.63 bits per heavy atom. The second-order valence-electron chi connectivity index (χ2n) is 7.29. The van der Waals surface area contributed by atoms with Crippen LogP contribution >= 0.6 is 0 Å². The predicted octanol–water partition coefficient (Wildman–Crippen LogP) is 6.25. The fraction of sp³-hybridized carbons (Fsp3) is 0. The lowest BCUT2D eigenvalue weighted by molar-refractivity contribution is 1.79. The summed E-state index contributed by atoms with van der Waals surface area (Å²) in [6.45, 7) is 0. The van der Waals surface area contributed by atoms with Crippen LogP contribution in [-0.2, 0) is 0 Å². The van der Waals surface area contributed by atoms with Crippen molar-refractivity contribution in [3.63, 3.8) is 0 Å². The molecule has 0 saturated carbocycles. The van der Waals surface area contributed by atoms with Crippen molar-refractivity contribution >= 4 is 69.3 Å². The molecule has 0 N–H and O–H groups in total. The first-order valence-electron chi connectivity index (χ1n) is 9.20. The van der Waals surface area contributed by atoms with Gasteiger partial charge in [0.05, 0.1) is 10.2 Å². The Bertz CT molecular complexity index is 1530. The van der Waals surface area contributed by atoms with Crippen LogP contribution in [0.2, 0.25) is 0 Å². The van der Waals surface area contributed by atoms with Gasteiger partial charge >= 0.3 is 0 Å². The SMILES string of the molecule is [Si]c1cccc2cc3ccc4cc5cc6ccccc6cc5cc4c3cc12. The molecule has 6 aromatic carbocycles. The van der Waals surface area contributed by atoms with Crippen LogP contribution in [0.5, 0.6) is 0 Å². The minimum absolute atomic E-state index is 1.14. The number of fused-ring (bicyclic) bond motifs is 6. The number of hydrogen-bond acceptors (Lipinski definition) is 0. The van der Waals surface area contributed by atoms with Crippen molar-refractivity contribution in [2.24, 2.45) is 0 Å². The van der Waals surface area contributed by atoms with Crippen molar-refractivity contribution in [1.82, 2.24) is 0 Å². The topological polar surface area (TPSA) is 0 Å². The second-order valence-corrected chi connectivity index (χ2v) is 7.82. The van der Waals surface area contributed by atoms with Crippen LogP contribution in [0.1, 0.15) is 0 Å². The van der Waals surface area contributed by atoms with Crippen LogP contribution in [0.3, 0.4) is 0 Å². The minimum atomic E-state index is 1.14. The normalized spacial score (nSPS) is 11.9. The molecule has 0 aliphatic heterocycles. The molecule has 3 radical (unpaired) electrons. The minimum Gasteiger partial charge on any atom is -0.0632 e. The maximum Gasteiger partial charge on any atom is 0.0720 e. The standard InChI is InChI=1S/C26H15Si/c27-26-7-3-6-18-12-19-8-9-20-13-21-10-16-4-1-2-5-17(16)11-22(21)14-23(20)24(19)15-25(18)26/h1-15H. The third-order valence-corrected chi connectivity index (χ3v) is 6.09. The lowest BCUT2D eigenvalue weighted by Gasteiger charge is -2.10. The fourth-order valence-corrected chi connectivity index (χ4v) is 4.59. The van der Waals surface area contributed by atoms with Crippen molar-refractivity contribution < 1.29 is 0 Å². The van der Waals surface area contributed by atoms with E-state index in [9.17, 15) is 0 Å². The maximum atomic E-state index is 3.77. The Labute approximate surface area is 160 Å². The molecule has 0 saturated heterocycles. The highest BCUT2D eigenvalue weighted by Gasteiger charge is 2.07. The zero-order chi connectivity index (χ0) is 18.0. The molecule has 0 fully saturated rings. The number of hydrogen-bond donors (Lipinski definition) is 0. The zero-order valence-electron chi connectivity index (χ0n) is 14.7. The first-order chi connectivity index (χ1) is 13.3. The van der Waals surface area contributed by atoms with E-state index in [0.717, 1.165) is 5.19 Å². The number of rotatable bonds is 0. The highest BCUT2D eigenvalue weighted by atomic mass is 28.1. The summed E-state index contributed by atoms with van der Waals surface area (Å²) < 4.78 is 0. The van der Waals surface area contributed by atoms with E-state index in [4.69, 9.17) is 0 Å². The molecule has 6 aromatic rings. The molecule has 0 amide bonds. The molecule has 0 spiro atoms. The Morgan fingerprint density at radius 2 is 0.889 bits per heavy atom. The smallest absolute Gasteiger partial charge is 0.0632 e. The summed E-state index contributed by atoms with van der Waals surface area (Å²) >= 11 is 0. The van der Waals surface area contributed by atoms with E-state index in [-0.39, 0.29) is 0 Å². The van der Waals surface area contributed by atoms with Crippen LogP contribution in [0, 0.1) is 0 Å². The highest BCUT2D eigenvalue weighted by molar-refractivity contribution is 6.39. The molecule has 27 heavy (non-hydrogen) atoms. The first-order valence-corrected chi connectivity index (χ1v) is 9.70. The number of benzene rings is 6. The van der Waals surface area contributed by atoms with Gasteiger partial charge in [-0.05, 0) is 90.3 Å². The molecule has 0 aliphatic rings. The van der Waals surface area contributed by atoms with E-state index in [1.54, 1.807) is 0 Å². The van der Waals surface area contributed by atoms with Crippen LogP contribution in [0.15, 0.2) is 91.0 Å². The summed E-state index contributed by atoms with van der Waals surface area (Å²) in [6, 6.07) is 33.3.